The SMILES string of the molecule is Cl.NC(=O)c1cccc(CCc2nccn2-c2ccc(N3C(=O)CC(=O)Nc4c3ccc3ccccc43)cc2)c1. The lowest BCUT2D eigenvalue weighted by Crippen LogP contribution is -2.26. The number of carbonyl (C=O) groups excluding carboxylic acids is 3. The zero-order chi connectivity index (χ0) is 26.9. The number of benzene rings is 4. The van der Waals surface area contributed by atoms with Crippen LogP contribution in [0.5, 0.6) is 0 Å². The second-order valence-electron chi connectivity index (χ2n) is 9.43. The summed E-state index contributed by atoms with van der Waals surface area (Å²) in [4.78, 5) is 43.4. The molecule has 9 heteroatoms. The quantitative estimate of drug-likeness (QED) is 0.278. The number of hydrogen-bond donors (Lipinski definition) is 2. The van der Waals surface area contributed by atoms with Gasteiger partial charge in [-0.2, -0.15) is 0 Å². The second kappa shape index (κ2) is 11.0. The maximum atomic E-state index is 13.2. The van der Waals surface area contributed by atoms with Crippen LogP contribution >= 0.6 is 12.4 Å². The number of amides is 3. The molecule has 5 aromatic rings. The number of halogens is 1. The van der Waals surface area contributed by atoms with Gasteiger partial charge in [0.2, 0.25) is 17.7 Å². The first-order valence-corrected chi connectivity index (χ1v) is 12.6. The molecule has 1 aromatic heterocycles. The fourth-order valence-corrected chi connectivity index (χ4v) is 5.05. The Bertz CT molecular complexity index is 1750. The molecule has 8 nitrogen and oxygen atoms in total. The van der Waals surface area contributed by atoms with Gasteiger partial charge in [0.25, 0.3) is 0 Å². The number of anilines is 3. The first-order chi connectivity index (χ1) is 19.0. The second-order valence-corrected chi connectivity index (χ2v) is 9.43. The van der Waals surface area contributed by atoms with E-state index in [1.54, 1.807) is 17.2 Å². The van der Waals surface area contributed by atoms with Gasteiger partial charge in [-0.05, 0) is 59.8 Å². The number of nitrogens with one attached hydrogen (secondary N) is 1. The van der Waals surface area contributed by atoms with Crippen LogP contribution in [0.25, 0.3) is 16.5 Å². The van der Waals surface area contributed by atoms with Gasteiger partial charge in [0, 0.05) is 41.1 Å². The van der Waals surface area contributed by atoms with Crippen molar-refractivity contribution < 1.29 is 14.4 Å². The molecule has 0 saturated carbocycles. The molecule has 1 aliphatic heterocycles. The Morgan fingerprint density at radius 2 is 1.68 bits per heavy atom. The standard InChI is InChI=1S/C31H25N5O3.ClH/c32-31(39)22-6-3-4-20(18-22)8-15-27-33-16-17-35(27)23-10-12-24(13-11-23)36-26-14-9-21-5-1-2-7-25(21)30(26)34-28(37)19-29(36)38;/h1-7,9-14,16-18H,8,15,19H2,(H2,32,39)(H,34,37);1H. The monoisotopic (exact) mass is 551 g/mol. The van der Waals surface area contributed by atoms with Crippen molar-refractivity contribution in [3.63, 3.8) is 0 Å². The third kappa shape index (κ3) is 5.04. The summed E-state index contributed by atoms with van der Waals surface area (Å²) in [6.07, 6.45) is 4.76. The Balaban J connectivity index is 0.00000323. The molecule has 0 fully saturated rings. The maximum Gasteiger partial charge on any atom is 0.248 e. The van der Waals surface area contributed by atoms with Crippen molar-refractivity contribution in [2.24, 2.45) is 5.73 Å². The zero-order valence-electron chi connectivity index (χ0n) is 21.4. The summed E-state index contributed by atoms with van der Waals surface area (Å²) >= 11 is 0. The average Bonchev–Trinajstić information content (AvgIpc) is 3.37. The van der Waals surface area contributed by atoms with Crippen molar-refractivity contribution in [2.45, 2.75) is 19.3 Å². The predicted octanol–water partition coefficient (Wildman–Crippen LogP) is 5.34. The topological polar surface area (TPSA) is 110 Å². The highest BCUT2D eigenvalue weighted by Gasteiger charge is 2.28. The summed E-state index contributed by atoms with van der Waals surface area (Å²) in [6, 6.07) is 26.5. The van der Waals surface area contributed by atoms with Crippen LogP contribution in [0.15, 0.2) is 97.3 Å². The minimum atomic E-state index is -0.447. The number of aryl methyl sites for hydroxylation is 2. The smallest absolute Gasteiger partial charge is 0.248 e. The zero-order valence-corrected chi connectivity index (χ0v) is 22.2. The molecule has 1 aliphatic rings. The van der Waals surface area contributed by atoms with E-state index in [0.29, 0.717) is 35.5 Å². The van der Waals surface area contributed by atoms with Gasteiger partial charge in [-0.3, -0.25) is 19.3 Å². The van der Waals surface area contributed by atoms with Crippen molar-refractivity contribution in [3.8, 4) is 5.69 Å². The lowest BCUT2D eigenvalue weighted by molar-refractivity contribution is -0.124. The van der Waals surface area contributed by atoms with Crippen LogP contribution in [0.4, 0.5) is 17.1 Å². The molecule has 200 valence electrons. The number of imidazole rings is 1. The van der Waals surface area contributed by atoms with Crippen molar-refractivity contribution in [3.05, 3.63) is 114 Å². The van der Waals surface area contributed by atoms with Crippen molar-refractivity contribution in [2.75, 3.05) is 10.2 Å². The number of nitrogens with zero attached hydrogens (tertiary/aromatic N) is 3. The Morgan fingerprint density at radius 3 is 2.48 bits per heavy atom. The molecule has 0 unspecified atom stereocenters. The van der Waals surface area contributed by atoms with Crippen LogP contribution in [-0.4, -0.2) is 27.3 Å². The highest BCUT2D eigenvalue weighted by molar-refractivity contribution is 6.21. The third-order valence-corrected chi connectivity index (χ3v) is 6.93. The van der Waals surface area contributed by atoms with Gasteiger partial charge in [0.15, 0.2) is 0 Å². The van der Waals surface area contributed by atoms with Crippen LogP contribution in [0, 0.1) is 0 Å². The molecule has 0 aliphatic carbocycles. The first kappa shape index (κ1) is 26.6. The van der Waals surface area contributed by atoms with Crippen LogP contribution in [0.1, 0.15) is 28.2 Å². The molecule has 0 saturated heterocycles. The Labute approximate surface area is 236 Å². The normalized spacial score (nSPS) is 12.8. The summed E-state index contributed by atoms with van der Waals surface area (Å²) in [6.45, 7) is 0. The number of primary amides is 1. The predicted molar refractivity (Wildman–Crippen MR) is 158 cm³/mol. The van der Waals surface area contributed by atoms with Gasteiger partial charge >= 0.3 is 0 Å². The highest BCUT2D eigenvalue weighted by Crippen LogP contribution is 2.40. The summed E-state index contributed by atoms with van der Waals surface area (Å²) in [7, 11) is 0. The number of rotatable bonds is 6. The molecule has 0 bridgehead atoms. The van der Waals surface area contributed by atoms with Crippen LogP contribution in [0.3, 0.4) is 0 Å². The number of aromatic nitrogens is 2. The molecule has 0 spiro atoms. The first-order valence-electron chi connectivity index (χ1n) is 12.6. The fourth-order valence-electron chi connectivity index (χ4n) is 5.05. The largest absolute Gasteiger partial charge is 0.366 e. The van der Waals surface area contributed by atoms with E-state index in [9.17, 15) is 14.4 Å². The van der Waals surface area contributed by atoms with E-state index >= 15 is 0 Å². The minimum Gasteiger partial charge on any atom is -0.366 e. The molecule has 2 heterocycles. The van der Waals surface area contributed by atoms with Gasteiger partial charge in [-0.25, -0.2) is 4.98 Å². The number of nitrogens with two attached hydrogens (primary N) is 1. The highest BCUT2D eigenvalue weighted by atomic mass is 35.5. The van der Waals surface area contributed by atoms with E-state index in [2.05, 4.69) is 10.3 Å². The van der Waals surface area contributed by atoms with Gasteiger partial charge in [-0.1, -0.05) is 42.5 Å². The van der Waals surface area contributed by atoms with E-state index in [1.807, 2.05) is 89.6 Å². The summed E-state index contributed by atoms with van der Waals surface area (Å²) in [5.74, 6) is -0.209. The Morgan fingerprint density at radius 1 is 0.900 bits per heavy atom. The van der Waals surface area contributed by atoms with E-state index in [1.165, 1.54) is 0 Å². The molecule has 0 radical (unpaired) electrons. The number of hydrogen-bond acceptors (Lipinski definition) is 4. The van der Waals surface area contributed by atoms with Crippen LogP contribution in [-0.2, 0) is 22.4 Å². The molecular weight excluding hydrogens is 526 g/mol. The van der Waals surface area contributed by atoms with Crippen molar-refractivity contribution in [1.82, 2.24) is 9.55 Å². The number of fused-ring (bicyclic) bond motifs is 3. The van der Waals surface area contributed by atoms with Gasteiger partial charge in [0.05, 0.1) is 11.4 Å². The van der Waals surface area contributed by atoms with Gasteiger partial charge in [-0.15, -0.1) is 12.4 Å². The minimum absolute atomic E-state index is 0. The molecule has 0 atom stereocenters. The van der Waals surface area contributed by atoms with E-state index in [0.717, 1.165) is 27.8 Å². The summed E-state index contributed by atoms with van der Waals surface area (Å²) in [5, 5.41) is 4.79. The van der Waals surface area contributed by atoms with Gasteiger partial charge < -0.3 is 15.6 Å². The average molecular weight is 552 g/mol. The maximum absolute atomic E-state index is 13.2. The van der Waals surface area contributed by atoms with E-state index in [4.69, 9.17) is 5.73 Å². The third-order valence-electron chi connectivity index (χ3n) is 6.93. The lowest BCUT2D eigenvalue weighted by Gasteiger charge is -2.23. The van der Waals surface area contributed by atoms with Gasteiger partial charge in [0.1, 0.15) is 12.2 Å². The van der Waals surface area contributed by atoms with Crippen molar-refractivity contribution >= 4 is 58.0 Å². The van der Waals surface area contributed by atoms with E-state index in [-0.39, 0.29) is 30.6 Å². The number of carbonyl (C=O) groups is 3. The molecule has 4 aromatic carbocycles. The molecule has 40 heavy (non-hydrogen) atoms. The molecule has 3 amide bonds. The summed E-state index contributed by atoms with van der Waals surface area (Å²) < 4.78 is 2.00. The Kier molecular flexibility index (Phi) is 7.35. The van der Waals surface area contributed by atoms with Crippen LogP contribution in [0.2, 0.25) is 0 Å². The van der Waals surface area contributed by atoms with Crippen molar-refractivity contribution in [1.29, 1.82) is 0 Å². The van der Waals surface area contributed by atoms with Crippen LogP contribution < -0.4 is 16.0 Å². The molecule has 6 rings (SSSR count). The van der Waals surface area contributed by atoms with E-state index < -0.39 is 5.91 Å². The fraction of sp³-hybridized carbons (Fsp3) is 0.0968. The molecular formula is C31H26ClN5O3. The Hall–Kier alpha value is -4.95. The lowest BCUT2D eigenvalue weighted by atomic mass is 10.1. The molecule has 3 N–H and O–H groups in total. The summed E-state index contributed by atoms with van der Waals surface area (Å²) in [5.41, 5.74) is 9.74.